The molecule has 2 rings (SSSR count). The van der Waals surface area contributed by atoms with Gasteiger partial charge in [-0.3, -0.25) is 0 Å². The Morgan fingerprint density at radius 1 is 1.06 bits per heavy atom. The summed E-state index contributed by atoms with van der Waals surface area (Å²) in [7, 11) is -4.63. The molecule has 0 saturated heterocycles. The fourth-order valence-corrected chi connectivity index (χ4v) is 1.72. The Bertz CT molecular complexity index is 576. The Labute approximate surface area is 113 Å². The van der Waals surface area contributed by atoms with E-state index in [-0.39, 0.29) is 40.7 Å². The third-order valence-corrected chi connectivity index (χ3v) is 2.74. The number of hydrogen-bond donors (Lipinski definition) is 0. The average molecular weight is 250 g/mol. The summed E-state index contributed by atoms with van der Waals surface area (Å²) in [6.45, 7) is 0. The zero-order valence-electron chi connectivity index (χ0n) is 8.09. The number of ether oxygens (including phenoxy) is 1. The normalized spacial score (nSPS) is 14.1. The number of hydrogen-bond acceptors (Lipinski definition) is 6. The van der Waals surface area contributed by atoms with E-state index in [0.717, 1.165) is 18.2 Å². The fraction of sp³-hybridized carbons (Fsp3) is 0. The minimum absolute atomic E-state index is 0. The molecule has 1 aromatic rings. The van der Waals surface area contributed by atoms with Gasteiger partial charge in [-0.05, 0) is 18.2 Å². The van der Waals surface area contributed by atoms with Gasteiger partial charge in [-0.2, -0.15) is 0 Å². The van der Waals surface area contributed by atoms with Crippen molar-refractivity contribution in [3.63, 3.8) is 0 Å². The van der Waals surface area contributed by atoms with E-state index >= 15 is 0 Å². The van der Waals surface area contributed by atoms with E-state index in [1.165, 1.54) is 0 Å². The first kappa shape index (κ1) is 13.3. The van der Waals surface area contributed by atoms with Gasteiger partial charge in [-0.1, -0.05) is 0 Å². The van der Waals surface area contributed by atoms with E-state index in [9.17, 15) is 22.6 Å². The third-order valence-electron chi connectivity index (χ3n) is 1.90. The number of carbonyl (C=O) groups excluding carboxylic acids is 2. The van der Waals surface area contributed by atoms with Gasteiger partial charge in [0, 0.05) is 0 Å². The summed E-state index contributed by atoms with van der Waals surface area (Å²) >= 11 is 0. The van der Waals surface area contributed by atoms with Gasteiger partial charge in [-0.25, -0.2) is 18.0 Å². The van der Waals surface area contributed by atoms with Crippen molar-refractivity contribution in [2.24, 2.45) is 0 Å². The number of benzene rings is 1. The van der Waals surface area contributed by atoms with Crippen molar-refractivity contribution in [3.05, 3.63) is 29.3 Å². The summed E-state index contributed by atoms with van der Waals surface area (Å²) < 4.78 is 36.1. The summed E-state index contributed by atoms with van der Waals surface area (Å²) in [6, 6.07) is 2.87. The van der Waals surface area contributed by atoms with Crippen LogP contribution in [-0.4, -0.2) is 24.9 Å². The number of esters is 2. The van der Waals surface area contributed by atoms with E-state index in [0.29, 0.717) is 0 Å². The van der Waals surface area contributed by atoms with Crippen molar-refractivity contribution in [2.45, 2.75) is 4.90 Å². The van der Waals surface area contributed by atoms with Crippen molar-refractivity contribution in [2.75, 3.05) is 0 Å². The molecule has 1 aliphatic rings. The molecule has 0 unspecified atom stereocenters. The molecule has 0 aromatic heterocycles. The molecule has 0 amide bonds. The first-order chi connectivity index (χ1) is 6.89. The van der Waals surface area contributed by atoms with Crippen molar-refractivity contribution in [1.82, 2.24) is 0 Å². The molecule has 6 nitrogen and oxygen atoms in total. The minimum Gasteiger partial charge on any atom is -0.744 e. The number of cyclic esters (lactones) is 2. The molecule has 0 radical (unpaired) electrons. The molecular formula is C8H3NaO6S. The van der Waals surface area contributed by atoms with Gasteiger partial charge in [0.1, 0.15) is 10.1 Å². The van der Waals surface area contributed by atoms with Crippen LogP contribution in [0.3, 0.4) is 0 Å². The summed E-state index contributed by atoms with van der Waals surface area (Å²) in [6.07, 6.45) is 0. The molecule has 1 aliphatic heterocycles. The summed E-state index contributed by atoms with van der Waals surface area (Å²) in [5, 5.41) is 0. The maximum Gasteiger partial charge on any atom is 1.00 e. The molecule has 1 aromatic carbocycles. The molecule has 0 bridgehead atoms. The van der Waals surface area contributed by atoms with Gasteiger partial charge in [0.15, 0.2) is 0 Å². The van der Waals surface area contributed by atoms with Gasteiger partial charge in [-0.15, -0.1) is 0 Å². The second kappa shape index (κ2) is 4.27. The summed E-state index contributed by atoms with van der Waals surface area (Å²) in [5.74, 6) is -1.79. The van der Waals surface area contributed by atoms with Gasteiger partial charge in [0.25, 0.3) is 0 Å². The van der Waals surface area contributed by atoms with Crippen LogP contribution >= 0.6 is 0 Å². The van der Waals surface area contributed by atoms with Crippen molar-refractivity contribution in [1.29, 1.82) is 0 Å². The second-order valence-electron chi connectivity index (χ2n) is 2.84. The predicted octanol–water partition coefficient (Wildman–Crippen LogP) is -3.09. The van der Waals surface area contributed by atoms with Gasteiger partial charge < -0.3 is 9.29 Å². The molecule has 0 N–H and O–H groups in total. The quantitative estimate of drug-likeness (QED) is 0.226. The zero-order valence-corrected chi connectivity index (χ0v) is 10.9. The van der Waals surface area contributed by atoms with Crippen LogP contribution in [0, 0.1) is 0 Å². The Kier molecular flexibility index (Phi) is 3.56. The summed E-state index contributed by atoms with van der Waals surface area (Å²) in [4.78, 5) is 21.4. The first-order valence-electron chi connectivity index (χ1n) is 3.76. The second-order valence-corrected chi connectivity index (χ2v) is 4.22. The van der Waals surface area contributed by atoms with Crippen LogP contribution in [0.25, 0.3) is 0 Å². The first-order valence-corrected chi connectivity index (χ1v) is 5.17. The molecule has 0 fully saturated rings. The standard InChI is InChI=1S/C8H4O6S.Na/c9-7-5-2-1-4(15(11,12)13)3-6(5)8(10)14-7;/h1-3H,(H,11,12,13);/q;+1/p-1. The van der Waals surface area contributed by atoms with Crippen LogP contribution in [0.1, 0.15) is 20.7 Å². The molecule has 0 spiro atoms. The topological polar surface area (TPSA) is 101 Å². The van der Waals surface area contributed by atoms with Crippen LogP contribution in [0.4, 0.5) is 0 Å². The van der Waals surface area contributed by atoms with Crippen LogP contribution < -0.4 is 29.6 Å². The Morgan fingerprint density at radius 3 is 2.19 bits per heavy atom. The molecule has 0 aliphatic carbocycles. The number of carbonyl (C=O) groups is 2. The minimum atomic E-state index is -4.63. The number of rotatable bonds is 1. The molecular weight excluding hydrogens is 247 g/mol. The Morgan fingerprint density at radius 2 is 1.62 bits per heavy atom. The monoisotopic (exact) mass is 250 g/mol. The van der Waals surface area contributed by atoms with Crippen molar-refractivity contribution >= 4 is 22.1 Å². The number of fused-ring (bicyclic) bond motifs is 1. The van der Waals surface area contributed by atoms with Crippen LogP contribution in [0.15, 0.2) is 23.1 Å². The van der Waals surface area contributed by atoms with Gasteiger partial charge in [0.2, 0.25) is 0 Å². The zero-order chi connectivity index (χ0) is 11.2. The molecule has 1 heterocycles. The van der Waals surface area contributed by atoms with E-state index < -0.39 is 27.0 Å². The SMILES string of the molecule is O=C1OC(=O)c2cc(S(=O)(=O)[O-])ccc21.[Na+]. The summed E-state index contributed by atoms with van der Waals surface area (Å²) in [5.41, 5.74) is -0.232. The molecule has 0 saturated carbocycles. The molecule has 0 atom stereocenters. The molecule has 8 heteroatoms. The molecule has 78 valence electrons. The maximum absolute atomic E-state index is 11.0. The fourth-order valence-electron chi connectivity index (χ4n) is 1.22. The smallest absolute Gasteiger partial charge is 0.744 e. The van der Waals surface area contributed by atoms with Gasteiger partial charge in [0.05, 0.1) is 16.0 Å². The Hall–Kier alpha value is -0.730. The largest absolute Gasteiger partial charge is 1.00 e. The van der Waals surface area contributed by atoms with E-state index in [4.69, 9.17) is 0 Å². The average Bonchev–Trinajstić information content (AvgIpc) is 2.41. The van der Waals surface area contributed by atoms with E-state index in [1.807, 2.05) is 0 Å². The van der Waals surface area contributed by atoms with Crippen molar-refractivity contribution < 1.29 is 56.9 Å². The van der Waals surface area contributed by atoms with E-state index in [2.05, 4.69) is 4.74 Å². The predicted molar refractivity (Wildman–Crippen MR) is 44.2 cm³/mol. The van der Waals surface area contributed by atoms with Crippen molar-refractivity contribution in [3.8, 4) is 0 Å². The van der Waals surface area contributed by atoms with Crippen LogP contribution in [0.2, 0.25) is 0 Å². The van der Waals surface area contributed by atoms with E-state index in [1.54, 1.807) is 0 Å². The van der Waals surface area contributed by atoms with Crippen LogP contribution in [0.5, 0.6) is 0 Å². The Balaban J connectivity index is 0.00000128. The molecule has 16 heavy (non-hydrogen) atoms. The third kappa shape index (κ3) is 2.18. The van der Waals surface area contributed by atoms with Crippen LogP contribution in [-0.2, 0) is 14.9 Å². The van der Waals surface area contributed by atoms with Gasteiger partial charge >= 0.3 is 41.5 Å². The maximum atomic E-state index is 11.0.